The van der Waals surface area contributed by atoms with Gasteiger partial charge in [0.05, 0.1) is 33.1 Å². The van der Waals surface area contributed by atoms with Gasteiger partial charge in [-0.1, -0.05) is 78.9 Å². The molecule has 0 aliphatic heterocycles. The molecule has 6 aromatic carbocycles. The smallest absolute Gasteiger partial charge is 0.215 e. The molecule has 0 atom stereocenters. The van der Waals surface area contributed by atoms with Crippen LogP contribution in [0.5, 0.6) is 0 Å². The number of imidazole rings is 1. The van der Waals surface area contributed by atoms with Gasteiger partial charge >= 0.3 is 0 Å². The number of aryl methyl sites for hydroxylation is 1. The Kier molecular flexibility index (Phi) is 4.23. The summed E-state index contributed by atoms with van der Waals surface area (Å²) in [5.41, 5.74) is 8.02. The van der Waals surface area contributed by atoms with Crippen LogP contribution < -0.4 is 0 Å². The second-order valence-electron chi connectivity index (χ2n) is 10.6. The number of benzene rings is 6. The summed E-state index contributed by atoms with van der Waals surface area (Å²) in [4.78, 5) is 5.11. The molecule has 3 aromatic heterocycles. The third-order valence-corrected chi connectivity index (χ3v) is 8.41. The third-order valence-electron chi connectivity index (χ3n) is 8.41. The van der Waals surface area contributed by atoms with Gasteiger partial charge < -0.3 is 9.13 Å². The van der Waals surface area contributed by atoms with Crippen molar-refractivity contribution in [1.82, 2.24) is 18.7 Å². The summed E-state index contributed by atoms with van der Waals surface area (Å²) < 4.78 is 6.98. The van der Waals surface area contributed by atoms with E-state index in [1.165, 1.54) is 43.4 Å². The van der Waals surface area contributed by atoms with E-state index in [-0.39, 0.29) is 0 Å². The third kappa shape index (κ3) is 2.77. The lowest BCUT2D eigenvalue weighted by molar-refractivity contribution is 0.870. The molecule has 3 heterocycles. The molecule has 4 heteroatoms. The molecule has 0 aliphatic carbocycles. The topological polar surface area (TPSA) is 27.7 Å². The number of hydrogen-bond acceptors (Lipinski definition) is 1. The molecule has 0 bridgehead atoms. The van der Waals surface area contributed by atoms with Crippen LogP contribution in [0.3, 0.4) is 0 Å². The average molecular weight is 513 g/mol. The van der Waals surface area contributed by atoms with E-state index in [0.717, 1.165) is 33.7 Å². The first kappa shape index (κ1) is 21.6. The molecule has 0 N–H and O–H groups in total. The summed E-state index contributed by atoms with van der Waals surface area (Å²) in [5.74, 6) is 0.917. The summed E-state index contributed by atoms with van der Waals surface area (Å²) in [6.45, 7) is 0. The Morgan fingerprint density at radius 1 is 0.500 bits per heavy atom. The molecular formula is C36H24N4. The van der Waals surface area contributed by atoms with Gasteiger partial charge in [-0.2, -0.15) is 0 Å². The lowest BCUT2D eigenvalue weighted by Gasteiger charge is -2.10. The van der Waals surface area contributed by atoms with Gasteiger partial charge in [-0.15, -0.1) is 0 Å². The molecule has 0 aliphatic rings. The monoisotopic (exact) mass is 512 g/mol. The van der Waals surface area contributed by atoms with E-state index in [0.29, 0.717) is 0 Å². The molecule has 0 saturated heterocycles. The van der Waals surface area contributed by atoms with Gasteiger partial charge in [0.2, 0.25) is 5.95 Å². The molecular weight excluding hydrogens is 488 g/mol. The predicted octanol–water partition coefficient (Wildman–Crippen LogP) is 8.92. The Morgan fingerprint density at radius 3 is 2.02 bits per heavy atom. The predicted molar refractivity (Wildman–Crippen MR) is 167 cm³/mol. The van der Waals surface area contributed by atoms with Crippen LogP contribution in [0.15, 0.2) is 127 Å². The zero-order valence-electron chi connectivity index (χ0n) is 21.9. The molecule has 0 unspecified atom stereocenters. The van der Waals surface area contributed by atoms with Crippen molar-refractivity contribution in [3.63, 3.8) is 0 Å². The Bertz CT molecular complexity index is 2440. The maximum atomic E-state index is 5.11. The molecule has 4 nitrogen and oxygen atoms in total. The van der Waals surface area contributed by atoms with Crippen molar-refractivity contribution in [3.05, 3.63) is 127 Å². The van der Waals surface area contributed by atoms with Gasteiger partial charge in [0, 0.05) is 34.3 Å². The maximum absolute atomic E-state index is 5.11. The molecule has 9 aromatic rings. The number of hydrogen-bond donors (Lipinski definition) is 0. The first-order valence-corrected chi connectivity index (χ1v) is 13.6. The van der Waals surface area contributed by atoms with E-state index >= 15 is 0 Å². The van der Waals surface area contributed by atoms with Crippen LogP contribution in [0.25, 0.3) is 77.1 Å². The molecule has 0 amide bonds. The first-order valence-electron chi connectivity index (χ1n) is 13.6. The van der Waals surface area contributed by atoms with E-state index in [1.54, 1.807) is 0 Å². The Labute approximate surface area is 229 Å². The van der Waals surface area contributed by atoms with Gasteiger partial charge in [-0.25, -0.2) is 4.98 Å². The van der Waals surface area contributed by atoms with Gasteiger partial charge in [0.15, 0.2) is 0 Å². The van der Waals surface area contributed by atoms with Crippen LogP contribution in [-0.4, -0.2) is 18.7 Å². The highest BCUT2D eigenvalue weighted by molar-refractivity contribution is 6.27. The Morgan fingerprint density at radius 2 is 1.20 bits per heavy atom. The zero-order chi connectivity index (χ0) is 26.4. The fourth-order valence-corrected chi connectivity index (χ4v) is 6.63. The largest absolute Gasteiger partial charge is 0.313 e. The lowest BCUT2D eigenvalue weighted by atomic mass is 10.0. The van der Waals surface area contributed by atoms with Crippen molar-refractivity contribution >= 4 is 65.4 Å². The minimum absolute atomic E-state index is 0.917. The first-order chi connectivity index (χ1) is 19.8. The molecule has 0 saturated carbocycles. The summed E-state index contributed by atoms with van der Waals surface area (Å²) >= 11 is 0. The normalized spacial score (nSPS) is 12.1. The van der Waals surface area contributed by atoms with Gasteiger partial charge in [-0.3, -0.25) is 4.57 Å². The van der Waals surface area contributed by atoms with E-state index in [2.05, 4.69) is 148 Å². The molecule has 9 rings (SSSR count). The minimum Gasteiger partial charge on any atom is -0.313 e. The summed E-state index contributed by atoms with van der Waals surface area (Å²) in [6.07, 6.45) is 0. The fraction of sp³-hybridized carbons (Fsp3) is 0.0278. The molecule has 40 heavy (non-hydrogen) atoms. The highest BCUT2D eigenvalue weighted by Crippen LogP contribution is 2.42. The van der Waals surface area contributed by atoms with Crippen molar-refractivity contribution < 1.29 is 0 Å². The van der Waals surface area contributed by atoms with Crippen molar-refractivity contribution in [2.24, 2.45) is 7.05 Å². The van der Waals surface area contributed by atoms with Crippen molar-refractivity contribution in [2.45, 2.75) is 0 Å². The van der Waals surface area contributed by atoms with E-state index in [4.69, 9.17) is 4.98 Å². The zero-order valence-corrected chi connectivity index (χ0v) is 21.9. The highest BCUT2D eigenvalue weighted by Gasteiger charge is 2.22. The summed E-state index contributed by atoms with van der Waals surface area (Å²) in [6, 6.07) is 45.7. The molecule has 0 radical (unpaired) electrons. The SMILES string of the molecule is Cn1c(-n2c3ccccc3c3c2ccc2c4cc5ccccc5cc4n(-c4ccccc4)c23)nc2ccccc21. The number of fused-ring (bicyclic) bond motifs is 9. The van der Waals surface area contributed by atoms with E-state index in [9.17, 15) is 0 Å². The average Bonchev–Trinajstić information content (AvgIpc) is 3.63. The standard InChI is InChI=1S/C36H24N4/c1-38-31-18-10-8-16-29(31)37-36(38)40-30-17-9-7-15-27(30)34-32(40)20-19-26-28-21-23-11-5-6-12-24(23)22-33(28)39(35(26)34)25-13-3-2-4-14-25/h2-22H,1H3. The number of aromatic nitrogens is 4. The van der Waals surface area contributed by atoms with Crippen LogP contribution in [0.4, 0.5) is 0 Å². The number of nitrogens with zero attached hydrogens (tertiary/aromatic N) is 4. The van der Waals surface area contributed by atoms with Crippen LogP contribution in [0.1, 0.15) is 0 Å². The van der Waals surface area contributed by atoms with E-state index in [1.807, 2.05) is 0 Å². The van der Waals surface area contributed by atoms with Crippen molar-refractivity contribution in [1.29, 1.82) is 0 Å². The Hall–Kier alpha value is -5.35. The molecule has 0 fully saturated rings. The Balaban J connectivity index is 1.53. The van der Waals surface area contributed by atoms with Crippen molar-refractivity contribution in [2.75, 3.05) is 0 Å². The van der Waals surface area contributed by atoms with Crippen LogP contribution in [-0.2, 0) is 7.05 Å². The maximum Gasteiger partial charge on any atom is 0.215 e. The highest BCUT2D eigenvalue weighted by atomic mass is 15.2. The lowest BCUT2D eigenvalue weighted by Crippen LogP contribution is -2.03. The van der Waals surface area contributed by atoms with Crippen LogP contribution >= 0.6 is 0 Å². The summed E-state index contributed by atoms with van der Waals surface area (Å²) in [5, 5.41) is 7.48. The van der Waals surface area contributed by atoms with Gasteiger partial charge in [0.25, 0.3) is 0 Å². The summed E-state index contributed by atoms with van der Waals surface area (Å²) in [7, 11) is 2.11. The number of rotatable bonds is 2. The van der Waals surface area contributed by atoms with Gasteiger partial charge in [0.1, 0.15) is 0 Å². The van der Waals surface area contributed by atoms with Crippen LogP contribution in [0.2, 0.25) is 0 Å². The van der Waals surface area contributed by atoms with Crippen molar-refractivity contribution in [3.8, 4) is 11.6 Å². The molecule has 0 spiro atoms. The quantitative estimate of drug-likeness (QED) is 0.227. The second-order valence-corrected chi connectivity index (χ2v) is 10.6. The fourth-order valence-electron chi connectivity index (χ4n) is 6.63. The van der Waals surface area contributed by atoms with Gasteiger partial charge in [-0.05, 0) is 59.3 Å². The number of para-hydroxylation sites is 4. The van der Waals surface area contributed by atoms with Crippen LogP contribution in [0, 0.1) is 0 Å². The second kappa shape index (κ2) is 7.84. The minimum atomic E-state index is 0.917. The molecule has 188 valence electrons. The van der Waals surface area contributed by atoms with E-state index < -0.39 is 0 Å².